The first-order valence-corrected chi connectivity index (χ1v) is 5.97. The lowest BCUT2D eigenvalue weighted by molar-refractivity contribution is -0.145. The summed E-state index contributed by atoms with van der Waals surface area (Å²) < 4.78 is 44.8. The lowest BCUT2D eigenvalue weighted by atomic mass is 10.2. The Morgan fingerprint density at radius 2 is 2.37 bits per heavy atom. The van der Waals surface area contributed by atoms with Crippen LogP contribution in [0.15, 0.2) is 6.20 Å². The SMILES string of the molecule is CCOC(=O)c1cnn(C2CCNC2)c1C(F)(F)F. The summed E-state index contributed by atoms with van der Waals surface area (Å²) in [6.07, 6.45) is -3.16. The Balaban J connectivity index is 2.42. The van der Waals surface area contributed by atoms with Crippen LogP contribution < -0.4 is 5.32 Å². The van der Waals surface area contributed by atoms with Crippen molar-refractivity contribution >= 4 is 5.97 Å². The van der Waals surface area contributed by atoms with Crippen molar-refractivity contribution in [2.75, 3.05) is 19.7 Å². The van der Waals surface area contributed by atoms with Crippen LogP contribution in [0.4, 0.5) is 13.2 Å². The van der Waals surface area contributed by atoms with E-state index >= 15 is 0 Å². The zero-order chi connectivity index (χ0) is 14.0. The topological polar surface area (TPSA) is 56.1 Å². The first-order valence-electron chi connectivity index (χ1n) is 5.97. The predicted octanol–water partition coefficient (Wildman–Crippen LogP) is 1.61. The van der Waals surface area contributed by atoms with E-state index in [0.717, 1.165) is 10.9 Å². The maximum atomic E-state index is 13.1. The fourth-order valence-corrected chi connectivity index (χ4v) is 2.13. The maximum absolute atomic E-state index is 13.1. The summed E-state index contributed by atoms with van der Waals surface area (Å²) in [7, 11) is 0. The zero-order valence-corrected chi connectivity index (χ0v) is 10.3. The van der Waals surface area contributed by atoms with Crippen molar-refractivity contribution < 1.29 is 22.7 Å². The molecule has 0 aliphatic carbocycles. The van der Waals surface area contributed by atoms with Gasteiger partial charge >= 0.3 is 12.1 Å². The third kappa shape index (κ3) is 2.73. The van der Waals surface area contributed by atoms with Crippen molar-refractivity contribution in [1.29, 1.82) is 0 Å². The van der Waals surface area contributed by atoms with Gasteiger partial charge < -0.3 is 10.1 Å². The van der Waals surface area contributed by atoms with Gasteiger partial charge in [0, 0.05) is 6.54 Å². The third-order valence-corrected chi connectivity index (χ3v) is 2.94. The van der Waals surface area contributed by atoms with Gasteiger partial charge in [0.15, 0.2) is 5.69 Å². The molecule has 0 bridgehead atoms. The molecule has 1 fully saturated rings. The molecule has 0 amide bonds. The molecule has 1 aromatic heterocycles. The molecule has 1 aliphatic rings. The molecular formula is C11H14F3N3O2. The number of carbonyl (C=O) groups excluding carboxylic acids is 1. The van der Waals surface area contributed by atoms with Crippen molar-refractivity contribution in [2.24, 2.45) is 0 Å². The fourth-order valence-electron chi connectivity index (χ4n) is 2.13. The Morgan fingerprint density at radius 1 is 1.63 bits per heavy atom. The van der Waals surface area contributed by atoms with Crippen molar-refractivity contribution in [1.82, 2.24) is 15.1 Å². The van der Waals surface area contributed by atoms with E-state index in [1.807, 2.05) is 0 Å². The van der Waals surface area contributed by atoms with Gasteiger partial charge in [-0.15, -0.1) is 0 Å². The van der Waals surface area contributed by atoms with Crippen LogP contribution in [0.5, 0.6) is 0 Å². The lowest BCUT2D eigenvalue weighted by Crippen LogP contribution is -2.23. The number of rotatable bonds is 3. The standard InChI is InChI=1S/C11H14F3N3O2/c1-2-19-10(18)8-6-16-17(7-3-4-15-5-7)9(8)11(12,13)14/h6-7,15H,2-5H2,1H3. The molecule has 1 unspecified atom stereocenters. The summed E-state index contributed by atoms with van der Waals surface area (Å²) in [6, 6.07) is -0.389. The molecular weight excluding hydrogens is 263 g/mol. The summed E-state index contributed by atoms with van der Waals surface area (Å²) in [4.78, 5) is 11.5. The Bertz CT molecular complexity index is 464. The van der Waals surface area contributed by atoms with Gasteiger partial charge in [-0.05, 0) is 19.9 Å². The molecule has 106 valence electrons. The molecule has 1 aliphatic heterocycles. The van der Waals surface area contributed by atoms with E-state index in [-0.39, 0.29) is 12.6 Å². The average molecular weight is 277 g/mol. The molecule has 0 saturated carbocycles. The molecule has 1 N–H and O–H groups in total. The number of nitrogens with zero attached hydrogens (tertiary/aromatic N) is 2. The number of alkyl halides is 3. The Labute approximate surface area is 107 Å². The normalized spacial score (nSPS) is 19.7. The van der Waals surface area contributed by atoms with Gasteiger partial charge in [0.25, 0.3) is 0 Å². The molecule has 2 rings (SSSR count). The van der Waals surface area contributed by atoms with Crippen LogP contribution in [0, 0.1) is 0 Å². The molecule has 1 aromatic rings. The van der Waals surface area contributed by atoms with E-state index in [1.54, 1.807) is 0 Å². The number of nitrogens with one attached hydrogen (secondary N) is 1. The number of hydrogen-bond donors (Lipinski definition) is 1. The van der Waals surface area contributed by atoms with E-state index < -0.39 is 23.4 Å². The number of hydrogen-bond acceptors (Lipinski definition) is 4. The van der Waals surface area contributed by atoms with Crippen LogP contribution in [0.1, 0.15) is 35.4 Å². The highest BCUT2D eigenvalue weighted by Crippen LogP contribution is 2.34. The molecule has 0 radical (unpaired) electrons. The largest absolute Gasteiger partial charge is 0.462 e. The van der Waals surface area contributed by atoms with Gasteiger partial charge in [-0.2, -0.15) is 18.3 Å². The minimum Gasteiger partial charge on any atom is -0.462 e. The van der Waals surface area contributed by atoms with Gasteiger partial charge in [-0.1, -0.05) is 0 Å². The van der Waals surface area contributed by atoms with Crippen LogP contribution in [0.25, 0.3) is 0 Å². The van der Waals surface area contributed by atoms with E-state index in [1.165, 1.54) is 6.92 Å². The number of ether oxygens (including phenoxy) is 1. The Morgan fingerprint density at radius 3 is 2.89 bits per heavy atom. The predicted molar refractivity (Wildman–Crippen MR) is 59.7 cm³/mol. The minimum absolute atomic E-state index is 0.0201. The first-order chi connectivity index (χ1) is 8.95. The van der Waals surface area contributed by atoms with E-state index in [2.05, 4.69) is 15.2 Å². The molecule has 1 atom stereocenters. The van der Waals surface area contributed by atoms with Crippen LogP contribution in [-0.2, 0) is 10.9 Å². The van der Waals surface area contributed by atoms with Gasteiger partial charge in [-0.25, -0.2) is 4.79 Å². The second-order valence-electron chi connectivity index (χ2n) is 4.22. The smallest absolute Gasteiger partial charge is 0.433 e. The molecule has 1 saturated heterocycles. The second kappa shape index (κ2) is 5.20. The average Bonchev–Trinajstić information content (AvgIpc) is 2.97. The number of esters is 1. The minimum atomic E-state index is -4.64. The van der Waals surface area contributed by atoms with Gasteiger partial charge in [0.2, 0.25) is 0 Å². The highest BCUT2D eigenvalue weighted by atomic mass is 19.4. The van der Waals surface area contributed by atoms with Crippen LogP contribution in [-0.4, -0.2) is 35.4 Å². The summed E-state index contributed by atoms with van der Waals surface area (Å²) in [5.41, 5.74) is -1.55. The van der Waals surface area contributed by atoms with Crippen molar-refractivity contribution in [2.45, 2.75) is 25.6 Å². The van der Waals surface area contributed by atoms with Crippen LogP contribution >= 0.6 is 0 Å². The van der Waals surface area contributed by atoms with Crippen molar-refractivity contribution in [3.05, 3.63) is 17.5 Å². The number of aromatic nitrogens is 2. The van der Waals surface area contributed by atoms with Gasteiger partial charge in [-0.3, -0.25) is 4.68 Å². The maximum Gasteiger partial charge on any atom is 0.433 e. The van der Waals surface area contributed by atoms with Crippen LogP contribution in [0.3, 0.4) is 0 Å². The Hall–Kier alpha value is -1.57. The lowest BCUT2D eigenvalue weighted by Gasteiger charge is -2.16. The molecule has 0 aromatic carbocycles. The molecule has 0 spiro atoms. The van der Waals surface area contributed by atoms with Gasteiger partial charge in [0.1, 0.15) is 5.56 Å². The number of carbonyl (C=O) groups is 1. The Kier molecular flexibility index (Phi) is 3.79. The van der Waals surface area contributed by atoms with Crippen molar-refractivity contribution in [3.63, 3.8) is 0 Å². The third-order valence-electron chi connectivity index (χ3n) is 2.94. The highest BCUT2D eigenvalue weighted by molar-refractivity contribution is 5.90. The summed E-state index contributed by atoms with van der Waals surface area (Å²) >= 11 is 0. The molecule has 19 heavy (non-hydrogen) atoms. The van der Waals surface area contributed by atoms with Crippen molar-refractivity contribution in [3.8, 4) is 0 Å². The highest BCUT2D eigenvalue weighted by Gasteiger charge is 2.42. The number of halogens is 3. The monoisotopic (exact) mass is 277 g/mol. The quantitative estimate of drug-likeness (QED) is 0.853. The molecule has 8 heteroatoms. The van der Waals surface area contributed by atoms with Crippen LogP contribution in [0.2, 0.25) is 0 Å². The van der Waals surface area contributed by atoms with E-state index in [9.17, 15) is 18.0 Å². The second-order valence-corrected chi connectivity index (χ2v) is 4.22. The molecule has 2 heterocycles. The first kappa shape index (κ1) is 13.9. The fraction of sp³-hybridized carbons (Fsp3) is 0.636. The zero-order valence-electron chi connectivity index (χ0n) is 10.3. The molecule has 5 nitrogen and oxygen atoms in total. The summed E-state index contributed by atoms with van der Waals surface area (Å²) in [5.74, 6) is -0.993. The van der Waals surface area contributed by atoms with E-state index in [0.29, 0.717) is 19.5 Å². The van der Waals surface area contributed by atoms with E-state index in [4.69, 9.17) is 0 Å². The summed E-state index contributed by atoms with van der Waals surface area (Å²) in [6.45, 7) is 2.60. The van der Waals surface area contributed by atoms with Gasteiger partial charge in [0.05, 0.1) is 18.8 Å². The summed E-state index contributed by atoms with van der Waals surface area (Å²) in [5, 5.41) is 6.69.